The molecule has 1 saturated heterocycles. The molecule has 3 nitrogen and oxygen atoms in total. The predicted octanol–water partition coefficient (Wildman–Crippen LogP) is 2.07. The predicted molar refractivity (Wildman–Crippen MR) is 77.9 cm³/mol. The van der Waals surface area contributed by atoms with E-state index in [1.54, 1.807) is 0 Å². The van der Waals surface area contributed by atoms with Crippen LogP contribution in [-0.4, -0.2) is 37.1 Å². The number of nitrogens with two attached hydrogens (primary N) is 1. The van der Waals surface area contributed by atoms with E-state index in [0.29, 0.717) is 6.04 Å². The maximum Gasteiger partial charge on any atom is 0.0366 e. The zero-order valence-electron chi connectivity index (χ0n) is 11.6. The third kappa shape index (κ3) is 3.24. The number of rotatable bonds is 5. The molecule has 1 atom stereocenters. The first-order valence-corrected chi connectivity index (χ1v) is 7.04. The van der Waals surface area contributed by atoms with Crippen LogP contribution in [0.15, 0.2) is 24.3 Å². The second kappa shape index (κ2) is 6.21. The molecule has 0 radical (unpaired) electrons. The van der Waals surface area contributed by atoms with Crippen molar-refractivity contribution in [3.63, 3.8) is 0 Å². The van der Waals surface area contributed by atoms with Gasteiger partial charge in [-0.15, -0.1) is 0 Å². The normalized spacial score (nSPS) is 20.3. The minimum absolute atomic E-state index is 0.375. The smallest absolute Gasteiger partial charge is 0.0366 e. The van der Waals surface area contributed by atoms with Crippen LogP contribution in [-0.2, 0) is 6.54 Å². The Kier molecular flexibility index (Phi) is 4.61. The van der Waals surface area contributed by atoms with Crippen molar-refractivity contribution in [1.29, 1.82) is 0 Å². The topological polar surface area (TPSA) is 32.5 Å². The van der Waals surface area contributed by atoms with Crippen LogP contribution in [0.4, 0.5) is 5.69 Å². The molecule has 0 aromatic heterocycles. The fourth-order valence-electron chi connectivity index (χ4n) is 2.67. The molecular weight excluding hydrogens is 222 g/mol. The monoisotopic (exact) mass is 247 g/mol. The van der Waals surface area contributed by atoms with Gasteiger partial charge in [0.2, 0.25) is 0 Å². The zero-order valence-corrected chi connectivity index (χ0v) is 11.6. The van der Waals surface area contributed by atoms with Gasteiger partial charge >= 0.3 is 0 Å². The number of hydrogen-bond acceptors (Lipinski definition) is 3. The fourth-order valence-corrected chi connectivity index (χ4v) is 2.67. The Morgan fingerprint density at radius 2 is 1.89 bits per heavy atom. The van der Waals surface area contributed by atoms with Crippen LogP contribution >= 0.6 is 0 Å². The Morgan fingerprint density at radius 1 is 1.22 bits per heavy atom. The summed E-state index contributed by atoms with van der Waals surface area (Å²) in [4.78, 5) is 4.81. The van der Waals surface area contributed by atoms with E-state index in [9.17, 15) is 0 Å². The standard InChI is InChI=1S/C15H25N3/c1-3-18(4-2)15-7-5-13(6-8-15)11-17-10-9-14(16)12-17/h5-8,14H,3-4,9-12,16H2,1-2H3/t14-/m0/s1. The zero-order chi connectivity index (χ0) is 13.0. The molecule has 1 aromatic carbocycles. The van der Waals surface area contributed by atoms with Gasteiger partial charge in [0.1, 0.15) is 0 Å². The average Bonchev–Trinajstić information content (AvgIpc) is 2.78. The van der Waals surface area contributed by atoms with E-state index in [0.717, 1.165) is 39.1 Å². The molecule has 1 aromatic rings. The van der Waals surface area contributed by atoms with E-state index in [2.05, 4.69) is 47.9 Å². The van der Waals surface area contributed by atoms with E-state index in [1.165, 1.54) is 11.3 Å². The van der Waals surface area contributed by atoms with Gasteiger partial charge < -0.3 is 10.6 Å². The van der Waals surface area contributed by atoms with Gasteiger partial charge in [0.15, 0.2) is 0 Å². The Labute approximate surface area is 111 Å². The van der Waals surface area contributed by atoms with Crippen molar-refractivity contribution in [2.45, 2.75) is 32.9 Å². The number of benzene rings is 1. The van der Waals surface area contributed by atoms with Crippen molar-refractivity contribution in [2.75, 3.05) is 31.1 Å². The third-order valence-electron chi connectivity index (χ3n) is 3.78. The van der Waals surface area contributed by atoms with Crippen molar-refractivity contribution < 1.29 is 0 Å². The van der Waals surface area contributed by atoms with E-state index in [4.69, 9.17) is 5.73 Å². The number of anilines is 1. The Hall–Kier alpha value is -1.06. The quantitative estimate of drug-likeness (QED) is 0.864. The highest BCUT2D eigenvalue weighted by Crippen LogP contribution is 2.17. The van der Waals surface area contributed by atoms with Crippen LogP contribution < -0.4 is 10.6 Å². The van der Waals surface area contributed by atoms with Crippen LogP contribution in [0.1, 0.15) is 25.8 Å². The summed E-state index contributed by atoms with van der Waals surface area (Å²) in [6.07, 6.45) is 1.14. The molecule has 2 rings (SSSR count). The molecular formula is C15H25N3. The second-order valence-corrected chi connectivity index (χ2v) is 5.12. The lowest BCUT2D eigenvalue weighted by atomic mass is 10.2. The Balaban J connectivity index is 1.95. The lowest BCUT2D eigenvalue weighted by Crippen LogP contribution is -2.26. The summed E-state index contributed by atoms with van der Waals surface area (Å²) in [6, 6.07) is 9.34. The van der Waals surface area contributed by atoms with E-state index in [1.807, 2.05) is 0 Å². The van der Waals surface area contributed by atoms with Gasteiger partial charge in [0.05, 0.1) is 0 Å². The minimum atomic E-state index is 0.375. The highest BCUT2D eigenvalue weighted by Gasteiger charge is 2.18. The summed E-state index contributed by atoms with van der Waals surface area (Å²) in [7, 11) is 0. The van der Waals surface area contributed by atoms with Crippen LogP contribution in [0.25, 0.3) is 0 Å². The molecule has 3 heteroatoms. The summed E-state index contributed by atoms with van der Waals surface area (Å²) in [6.45, 7) is 9.74. The van der Waals surface area contributed by atoms with Crippen molar-refractivity contribution in [1.82, 2.24) is 4.90 Å². The molecule has 0 amide bonds. The van der Waals surface area contributed by atoms with Crippen molar-refractivity contribution in [3.8, 4) is 0 Å². The summed E-state index contributed by atoms with van der Waals surface area (Å²) in [5.41, 5.74) is 8.64. The summed E-state index contributed by atoms with van der Waals surface area (Å²) in [5, 5.41) is 0. The van der Waals surface area contributed by atoms with Crippen LogP contribution in [0.5, 0.6) is 0 Å². The largest absolute Gasteiger partial charge is 0.372 e. The van der Waals surface area contributed by atoms with Crippen molar-refractivity contribution >= 4 is 5.69 Å². The van der Waals surface area contributed by atoms with Crippen LogP contribution in [0.2, 0.25) is 0 Å². The minimum Gasteiger partial charge on any atom is -0.372 e. The first kappa shape index (κ1) is 13.4. The van der Waals surface area contributed by atoms with Crippen LogP contribution in [0.3, 0.4) is 0 Å². The summed E-state index contributed by atoms with van der Waals surface area (Å²) in [5.74, 6) is 0. The van der Waals surface area contributed by atoms with E-state index in [-0.39, 0.29) is 0 Å². The summed E-state index contributed by atoms with van der Waals surface area (Å²) >= 11 is 0. The Morgan fingerprint density at radius 3 is 2.39 bits per heavy atom. The molecule has 0 unspecified atom stereocenters. The van der Waals surface area contributed by atoms with Crippen molar-refractivity contribution in [2.24, 2.45) is 5.73 Å². The maximum absolute atomic E-state index is 5.93. The van der Waals surface area contributed by atoms with Gasteiger partial charge in [0.25, 0.3) is 0 Å². The van der Waals surface area contributed by atoms with E-state index >= 15 is 0 Å². The van der Waals surface area contributed by atoms with E-state index < -0.39 is 0 Å². The van der Waals surface area contributed by atoms with Gasteiger partial charge in [0, 0.05) is 44.5 Å². The second-order valence-electron chi connectivity index (χ2n) is 5.12. The number of hydrogen-bond donors (Lipinski definition) is 1. The van der Waals surface area contributed by atoms with Gasteiger partial charge in [-0.05, 0) is 38.0 Å². The first-order valence-electron chi connectivity index (χ1n) is 7.04. The highest BCUT2D eigenvalue weighted by atomic mass is 15.2. The van der Waals surface area contributed by atoms with Gasteiger partial charge in [-0.2, -0.15) is 0 Å². The molecule has 0 aliphatic carbocycles. The summed E-state index contributed by atoms with van der Waals surface area (Å²) < 4.78 is 0. The molecule has 1 heterocycles. The number of likely N-dealkylation sites (tertiary alicyclic amines) is 1. The number of nitrogens with zero attached hydrogens (tertiary/aromatic N) is 2. The molecule has 0 saturated carbocycles. The maximum atomic E-state index is 5.93. The lowest BCUT2D eigenvalue weighted by molar-refractivity contribution is 0.327. The molecule has 1 fully saturated rings. The van der Waals surface area contributed by atoms with Crippen LogP contribution in [0, 0.1) is 0 Å². The van der Waals surface area contributed by atoms with Gasteiger partial charge in [-0.25, -0.2) is 0 Å². The molecule has 18 heavy (non-hydrogen) atoms. The molecule has 2 N–H and O–H groups in total. The fraction of sp³-hybridized carbons (Fsp3) is 0.600. The molecule has 100 valence electrons. The average molecular weight is 247 g/mol. The molecule has 1 aliphatic heterocycles. The highest BCUT2D eigenvalue weighted by molar-refractivity contribution is 5.47. The Bertz CT molecular complexity index is 357. The molecule has 1 aliphatic rings. The third-order valence-corrected chi connectivity index (χ3v) is 3.78. The van der Waals surface area contributed by atoms with Gasteiger partial charge in [-0.1, -0.05) is 12.1 Å². The first-order chi connectivity index (χ1) is 8.72. The lowest BCUT2D eigenvalue weighted by Gasteiger charge is -2.21. The molecule has 0 spiro atoms. The SMILES string of the molecule is CCN(CC)c1ccc(CN2CC[C@H](N)C2)cc1. The van der Waals surface area contributed by atoms with Gasteiger partial charge in [-0.3, -0.25) is 4.90 Å². The molecule has 0 bridgehead atoms. The van der Waals surface area contributed by atoms with Crippen molar-refractivity contribution in [3.05, 3.63) is 29.8 Å².